The van der Waals surface area contributed by atoms with Crippen LogP contribution in [0.1, 0.15) is 11.1 Å². The number of sulfonamides is 1. The van der Waals surface area contributed by atoms with Crippen LogP contribution in [0.5, 0.6) is 0 Å². The minimum Gasteiger partial charge on any atom is -0.314 e. The van der Waals surface area contributed by atoms with Gasteiger partial charge in [0.25, 0.3) is 5.69 Å². The van der Waals surface area contributed by atoms with Crippen LogP contribution in [0.2, 0.25) is 0 Å². The summed E-state index contributed by atoms with van der Waals surface area (Å²) < 4.78 is 26.6. The van der Waals surface area contributed by atoms with Crippen molar-refractivity contribution >= 4 is 28.1 Å². The molecule has 9 heteroatoms. The average molecular weight is 336 g/mol. The highest BCUT2D eigenvalue weighted by Gasteiger charge is 2.29. The Morgan fingerprint density at radius 2 is 1.81 bits per heavy atom. The summed E-state index contributed by atoms with van der Waals surface area (Å²) in [5.41, 5.74) is 0.976. The van der Waals surface area contributed by atoms with Crippen molar-refractivity contribution < 1.29 is 13.3 Å². The molecule has 1 aliphatic rings. The normalized spacial score (nSPS) is 16.3. The van der Waals surface area contributed by atoms with Crippen LogP contribution in [0, 0.1) is 24.0 Å². The quantitative estimate of drug-likeness (QED) is 0.662. The van der Waals surface area contributed by atoms with Gasteiger partial charge < -0.3 is 5.32 Å². The zero-order chi connectivity index (χ0) is 14.9. The highest BCUT2D eigenvalue weighted by Crippen LogP contribution is 2.27. The number of nitro groups is 1. The molecule has 0 saturated carbocycles. The fourth-order valence-corrected chi connectivity index (χ4v) is 3.96. The van der Waals surface area contributed by atoms with Crippen LogP contribution in [0.4, 0.5) is 5.69 Å². The van der Waals surface area contributed by atoms with E-state index in [0.717, 1.165) is 6.07 Å². The van der Waals surface area contributed by atoms with Gasteiger partial charge in [-0.25, -0.2) is 8.42 Å². The third-order valence-electron chi connectivity index (χ3n) is 3.51. The van der Waals surface area contributed by atoms with Crippen molar-refractivity contribution in [3.05, 3.63) is 33.4 Å². The van der Waals surface area contributed by atoms with E-state index in [1.54, 1.807) is 13.8 Å². The van der Waals surface area contributed by atoms with Gasteiger partial charge in [0.2, 0.25) is 10.0 Å². The number of non-ortho nitro benzene ring substituents is 1. The maximum atomic E-state index is 12.6. The Balaban J connectivity index is 0.00000220. The lowest BCUT2D eigenvalue weighted by Gasteiger charge is -2.27. The Morgan fingerprint density at radius 1 is 1.24 bits per heavy atom. The molecule has 0 spiro atoms. The predicted octanol–water partition coefficient (Wildman–Crippen LogP) is 1.23. The van der Waals surface area contributed by atoms with Crippen molar-refractivity contribution in [2.24, 2.45) is 0 Å². The third kappa shape index (κ3) is 3.52. The molecule has 0 aromatic heterocycles. The summed E-state index contributed by atoms with van der Waals surface area (Å²) in [6.07, 6.45) is 0. The molecule has 1 aromatic carbocycles. The van der Waals surface area contributed by atoms with Gasteiger partial charge in [-0.2, -0.15) is 4.31 Å². The zero-order valence-electron chi connectivity index (χ0n) is 11.8. The Kier molecular flexibility index (Phi) is 5.68. The largest absolute Gasteiger partial charge is 0.314 e. The molecule has 1 N–H and O–H groups in total. The third-order valence-corrected chi connectivity index (χ3v) is 5.53. The molecule has 1 aliphatic heterocycles. The fraction of sp³-hybridized carbons (Fsp3) is 0.500. The van der Waals surface area contributed by atoms with Crippen LogP contribution in [0.15, 0.2) is 17.0 Å². The molecule has 1 heterocycles. The Bertz CT molecular complexity index is 642. The second-order valence-electron chi connectivity index (χ2n) is 4.80. The van der Waals surface area contributed by atoms with Crippen molar-refractivity contribution in [1.29, 1.82) is 0 Å². The van der Waals surface area contributed by atoms with E-state index in [1.165, 1.54) is 10.4 Å². The molecule has 2 rings (SSSR count). The number of aryl methyl sites for hydroxylation is 1. The molecule has 0 bridgehead atoms. The van der Waals surface area contributed by atoms with Gasteiger partial charge in [-0.3, -0.25) is 10.1 Å². The molecule has 0 unspecified atom stereocenters. The zero-order valence-corrected chi connectivity index (χ0v) is 13.5. The summed E-state index contributed by atoms with van der Waals surface area (Å²) in [4.78, 5) is 10.4. The number of piperazine rings is 1. The van der Waals surface area contributed by atoms with Crippen LogP contribution >= 0.6 is 12.4 Å². The lowest BCUT2D eigenvalue weighted by Crippen LogP contribution is -2.46. The predicted molar refractivity (Wildman–Crippen MR) is 81.4 cm³/mol. The molecular weight excluding hydrogens is 318 g/mol. The highest BCUT2D eigenvalue weighted by atomic mass is 35.5. The Morgan fingerprint density at radius 3 is 2.33 bits per heavy atom. The van der Waals surface area contributed by atoms with Crippen molar-refractivity contribution in [1.82, 2.24) is 9.62 Å². The van der Waals surface area contributed by atoms with E-state index in [2.05, 4.69) is 5.32 Å². The van der Waals surface area contributed by atoms with E-state index < -0.39 is 14.9 Å². The average Bonchev–Trinajstić information content (AvgIpc) is 2.42. The molecule has 1 fully saturated rings. The first kappa shape index (κ1) is 17.8. The first-order chi connectivity index (χ1) is 9.34. The molecule has 1 saturated heterocycles. The molecule has 7 nitrogen and oxygen atoms in total. The van der Waals surface area contributed by atoms with Gasteiger partial charge in [0.05, 0.1) is 9.82 Å². The summed E-state index contributed by atoms with van der Waals surface area (Å²) in [6.45, 7) is 5.29. The van der Waals surface area contributed by atoms with E-state index in [0.29, 0.717) is 37.3 Å². The number of hydrogen-bond donors (Lipinski definition) is 1. The summed E-state index contributed by atoms with van der Waals surface area (Å²) in [7, 11) is -3.68. The number of hydrogen-bond acceptors (Lipinski definition) is 5. The van der Waals surface area contributed by atoms with Crippen molar-refractivity contribution in [3.63, 3.8) is 0 Å². The second kappa shape index (κ2) is 6.69. The minimum absolute atomic E-state index is 0. The first-order valence-electron chi connectivity index (χ1n) is 6.30. The second-order valence-corrected chi connectivity index (χ2v) is 6.70. The summed E-state index contributed by atoms with van der Waals surface area (Å²) in [5.74, 6) is 0. The standard InChI is InChI=1S/C12H17N3O4S.ClH/c1-9-7-11(15(16)17)8-12(10(9)2)20(18,19)14-5-3-13-4-6-14;/h7-8,13H,3-6H2,1-2H3;1H. The molecule has 0 radical (unpaired) electrons. The summed E-state index contributed by atoms with van der Waals surface area (Å²) in [6, 6.07) is 2.55. The topological polar surface area (TPSA) is 92.5 Å². The lowest BCUT2D eigenvalue weighted by atomic mass is 10.1. The monoisotopic (exact) mass is 335 g/mol. The number of nitrogens with zero attached hydrogens (tertiary/aromatic N) is 2. The van der Waals surface area contributed by atoms with Crippen LogP contribution in [-0.2, 0) is 10.0 Å². The van der Waals surface area contributed by atoms with Gasteiger partial charge in [-0.05, 0) is 25.0 Å². The van der Waals surface area contributed by atoms with Gasteiger partial charge in [-0.1, -0.05) is 0 Å². The Labute approximate surface area is 129 Å². The molecule has 118 valence electrons. The van der Waals surface area contributed by atoms with Gasteiger partial charge >= 0.3 is 0 Å². The smallest absolute Gasteiger partial charge is 0.271 e. The number of benzene rings is 1. The number of halogens is 1. The number of nitro benzene ring substituents is 1. The van der Waals surface area contributed by atoms with Gasteiger partial charge in [-0.15, -0.1) is 12.4 Å². The van der Waals surface area contributed by atoms with E-state index in [9.17, 15) is 18.5 Å². The molecule has 0 aliphatic carbocycles. The van der Waals surface area contributed by atoms with Gasteiger partial charge in [0, 0.05) is 38.3 Å². The van der Waals surface area contributed by atoms with Crippen LogP contribution in [0.25, 0.3) is 0 Å². The van der Waals surface area contributed by atoms with Crippen LogP contribution in [-0.4, -0.2) is 43.8 Å². The minimum atomic E-state index is -3.68. The van der Waals surface area contributed by atoms with E-state index in [4.69, 9.17) is 0 Å². The molecule has 0 atom stereocenters. The van der Waals surface area contributed by atoms with E-state index in [1.807, 2.05) is 0 Å². The molecule has 21 heavy (non-hydrogen) atoms. The summed E-state index contributed by atoms with van der Waals surface area (Å²) in [5, 5.41) is 14.0. The van der Waals surface area contributed by atoms with E-state index >= 15 is 0 Å². The maximum absolute atomic E-state index is 12.6. The van der Waals surface area contributed by atoms with Crippen LogP contribution in [0.3, 0.4) is 0 Å². The number of nitrogens with one attached hydrogen (secondary N) is 1. The van der Waals surface area contributed by atoms with E-state index in [-0.39, 0.29) is 23.0 Å². The molecule has 0 amide bonds. The fourth-order valence-electron chi connectivity index (χ4n) is 2.21. The summed E-state index contributed by atoms with van der Waals surface area (Å²) >= 11 is 0. The highest BCUT2D eigenvalue weighted by molar-refractivity contribution is 7.89. The van der Waals surface area contributed by atoms with Crippen molar-refractivity contribution in [2.75, 3.05) is 26.2 Å². The van der Waals surface area contributed by atoms with Crippen molar-refractivity contribution in [2.45, 2.75) is 18.7 Å². The molecular formula is C12H18ClN3O4S. The Hall–Kier alpha value is -1.22. The SMILES string of the molecule is Cc1cc([N+](=O)[O-])cc(S(=O)(=O)N2CCNCC2)c1C.Cl. The van der Waals surface area contributed by atoms with Gasteiger partial charge in [0.1, 0.15) is 0 Å². The number of rotatable bonds is 3. The lowest BCUT2D eigenvalue weighted by molar-refractivity contribution is -0.385. The van der Waals surface area contributed by atoms with Crippen molar-refractivity contribution in [3.8, 4) is 0 Å². The van der Waals surface area contributed by atoms with Crippen LogP contribution < -0.4 is 5.32 Å². The van der Waals surface area contributed by atoms with Gasteiger partial charge in [0.15, 0.2) is 0 Å². The molecule has 1 aromatic rings. The maximum Gasteiger partial charge on any atom is 0.271 e. The first-order valence-corrected chi connectivity index (χ1v) is 7.74.